The average Bonchev–Trinajstić information content (AvgIpc) is 2.91. The zero-order chi connectivity index (χ0) is 17.8. The van der Waals surface area contributed by atoms with E-state index in [4.69, 9.17) is 0 Å². The number of benzene rings is 2. The van der Waals surface area contributed by atoms with Crippen LogP contribution in [0.2, 0.25) is 0 Å². The van der Waals surface area contributed by atoms with Crippen molar-refractivity contribution in [3.63, 3.8) is 0 Å². The van der Waals surface area contributed by atoms with Gasteiger partial charge in [-0.1, -0.05) is 24.3 Å². The number of imidazole rings is 1. The molecule has 1 aromatic heterocycles. The Labute approximate surface area is 145 Å². The van der Waals surface area contributed by atoms with E-state index in [0.29, 0.717) is 6.54 Å². The summed E-state index contributed by atoms with van der Waals surface area (Å²) in [4.78, 5) is 27.7. The molecule has 2 N–H and O–H groups in total. The number of para-hydroxylation sites is 2. The largest absolute Gasteiger partial charge is 0.349 e. The molecule has 128 valence electrons. The molecule has 0 aliphatic carbocycles. The van der Waals surface area contributed by atoms with Crippen LogP contribution in [0.25, 0.3) is 11.0 Å². The van der Waals surface area contributed by atoms with Gasteiger partial charge in [-0.05, 0) is 29.8 Å². The molecule has 6 heteroatoms. The third kappa shape index (κ3) is 4.03. The third-order valence-electron chi connectivity index (χ3n) is 3.96. The molecule has 2 amide bonds. The fourth-order valence-electron chi connectivity index (χ4n) is 2.69. The van der Waals surface area contributed by atoms with Gasteiger partial charge < -0.3 is 15.2 Å². The highest BCUT2D eigenvalue weighted by molar-refractivity contribution is 5.88. The number of carbonyl (C=O) groups is 2. The summed E-state index contributed by atoms with van der Waals surface area (Å²) >= 11 is 0. The van der Waals surface area contributed by atoms with E-state index < -0.39 is 0 Å². The standard InChI is InChI=1S/C19H20N4O2/c1-13(24)21-15-9-7-14(8-10-15)11-19(25)20-12-18-22-16-5-3-4-6-17(16)23(18)2/h3-10H,11-12H2,1-2H3,(H,20,25)(H,21,24). The minimum Gasteiger partial charge on any atom is -0.349 e. The average molecular weight is 336 g/mol. The van der Waals surface area contributed by atoms with Crippen LogP contribution in [0.15, 0.2) is 48.5 Å². The summed E-state index contributed by atoms with van der Waals surface area (Å²) in [6.45, 7) is 1.84. The van der Waals surface area contributed by atoms with Crippen molar-refractivity contribution in [2.45, 2.75) is 19.9 Å². The Hall–Kier alpha value is -3.15. The fraction of sp³-hybridized carbons (Fsp3) is 0.211. The highest BCUT2D eigenvalue weighted by Crippen LogP contribution is 2.14. The molecule has 0 aliphatic heterocycles. The molecule has 0 aliphatic rings. The van der Waals surface area contributed by atoms with Crippen LogP contribution < -0.4 is 10.6 Å². The van der Waals surface area contributed by atoms with Gasteiger partial charge in [-0.15, -0.1) is 0 Å². The van der Waals surface area contributed by atoms with Gasteiger partial charge >= 0.3 is 0 Å². The third-order valence-corrected chi connectivity index (χ3v) is 3.96. The number of hydrogen-bond acceptors (Lipinski definition) is 3. The van der Waals surface area contributed by atoms with E-state index in [9.17, 15) is 9.59 Å². The number of carbonyl (C=O) groups excluding carboxylic acids is 2. The van der Waals surface area contributed by atoms with Crippen LogP contribution >= 0.6 is 0 Å². The van der Waals surface area contributed by atoms with Crippen LogP contribution in [0.1, 0.15) is 18.3 Å². The van der Waals surface area contributed by atoms with E-state index in [1.807, 2.05) is 48.0 Å². The van der Waals surface area contributed by atoms with Gasteiger partial charge in [0, 0.05) is 19.7 Å². The molecule has 0 fully saturated rings. The lowest BCUT2D eigenvalue weighted by molar-refractivity contribution is -0.120. The maximum atomic E-state index is 12.2. The number of rotatable bonds is 5. The molecule has 6 nitrogen and oxygen atoms in total. The molecule has 0 saturated heterocycles. The van der Waals surface area contributed by atoms with Crippen molar-refractivity contribution in [2.75, 3.05) is 5.32 Å². The summed E-state index contributed by atoms with van der Waals surface area (Å²) in [5.41, 5.74) is 3.57. The summed E-state index contributed by atoms with van der Waals surface area (Å²) in [5, 5.41) is 5.60. The SMILES string of the molecule is CC(=O)Nc1ccc(CC(=O)NCc2nc3ccccc3n2C)cc1. The highest BCUT2D eigenvalue weighted by atomic mass is 16.2. The Bertz CT molecular complexity index is 913. The van der Waals surface area contributed by atoms with Crippen molar-refractivity contribution >= 4 is 28.5 Å². The van der Waals surface area contributed by atoms with Crippen molar-refractivity contribution in [2.24, 2.45) is 7.05 Å². The van der Waals surface area contributed by atoms with Crippen LogP contribution in [-0.4, -0.2) is 21.4 Å². The van der Waals surface area contributed by atoms with E-state index >= 15 is 0 Å². The number of nitrogens with zero attached hydrogens (tertiary/aromatic N) is 2. The Balaban J connectivity index is 1.59. The Kier molecular flexibility index (Phi) is 4.79. The van der Waals surface area contributed by atoms with Crippen molar-refractivity contribution < 1.29 is 9.59 Å². The predicted octanol–water partition coefficient (Wildman–Crippen LogP) is 2.39. The first-order chi connectivity index (χ1) is 12.0. The lowest BCUT2D eigenvalue weighted by Gasteiger charge is -2.07. The van der Waals surface area contributed by atoms with Crippen LogP contribution in [0.5, 0.6) is 0 Å². The second-order valence-electron chi connectivity index (χ2n) is 5.91. The summed E-state index contributed by atoms with van der Waals surface area (Å²) in [5.74, 6) is 0.628. The number of aryl methyl sites for hydroxylation is 1. The van der Waals surface area contributed by atoms with Gasteiger partial charge in [0.25, 0.3) is 0 Å². The monoisotopic (exact) mass is 336 g/mol. The smallest absolute Gasteiger partial charge is 0.224 e. The topological polar surface area (TPSA) is 76.0 Å². The van der Waals surface area contributed by atoms with Crippen LogP contribution in [0.4, 0.5) is 5.69 Å². The molecule has 1 heterocycles. The summed E-state index contributed by atoms with van der Waals surface area (Å²) in [7, 11) is 1.94. The molecule has 0 saturated carbocycles. The van der Waals surface area contributed by atoms with Gasteiger partial charge in [0.05, 0.1) is 24.0 Å². The molecule has 0 bridgehead atoms. The van der Waals surface area contributed by atoms with Gasteiger partial charge in [0.15, 0.2) is 0 Å². The zero-order valence-electron chi connectivity index (χ0n) is 14.2. The minimum absolute atomic E-state index is 0.0701. The normalized spacial score (nSPS) is 10.6. The van der Waals surface area contributed by atoms with Crippen molar-refractivity contribution in [3.05, 3.63) is 59.9 Å². The van der Waals surface area contributed by atoms with Crippen LogP contribution in [-0.2, 0) is 29.6 Å². The molecule has 3 aromatic rings. The lowest BCUT2D eigenvalue weighted by atomic mass is 10.1. The van der Waals surface area contributed by atoms with Gasteiger partial charge in [-0.25, -0.2) is 4.98 Å². The fourth-order valence-corrected chi connectivity index (χ4v) is 2.69. The molecule has 3 rings (SSSR count). The van der Waals surface area contributed by atoms with Crippen molar-refractivity contribution in [1.82, 2.24) is 14.9 Å². The van der Waals surface area contributed by atoms with Crippen LogP contribution in [0, 0.1) is 0 Å². The maximum absolute atomic E-state index is 12.2. The van der Waals surface area contributed by atoms with Crippen molar-refractivity contribution in [3.8, 4) is 0 Å². The summed E-state index contributed by atoms with van der Waals surface area (Å²) in [6.07, 6.45) is 0.282. The number of nitrogens with one attached hydrogen (secondary N) is 2. The van der Waals surface area contributed by atoms with E-state index in [2.05, 4.69) is 15.6 Å². The quantitative estimate of drug-likeness (QED) is 0.751. The first-order valence-corrected chi connectivity index (χ1v) is 8.06. The zero-order valence-corrected chi connectivity index (χ0v) is 14.2. The van der Waals surface area contributed by atoms with E-state index in [0.717, 1.165) is 28.1 Å². The van der Waals surface area contributed by atoms with Gasteiger partial charge in [-0.3, -0.25) is 9.59 Å². The number of fused-ring (bicyclic) bond motifs is 1. The van der Waals surface area contributed by atoms with Gasteiger partial charge in [-0.2, -0.15) is 0 Å². The summed E-state index contributed by atoms with van der Waals surface area (Å²) < 4.78 is 1.98. The number of aromatic nitrogens is 2. The molecule has 0 radical (unpaired) electrons. The first kappa shape index (κ1) is 16.7. The number of anilines is 1. The second kappa shape index (κ2) is 7.17. The molecular weight excluding hydrogens is 316 g/mol. The summed E-state index contributed by atoms with van der Waals surface area (Å²) in [6, 6.07) is 15.1. The molecule has 25 heavy (non-hydrogen) atoms. The van der Waals surface area contributed by atoms with Crippen molar-refractivity contribution in [1.29, 1.82) is 0 Å². The molecule has 2 aromatic carbocycles. The second-order valence-corrected chi connectivity index (χ2v) is 5.91. The number of amides is 2. The number of hydrogen-bond donors (Lipinski definition) is 2. The first-order valence-electron chi connectivity index (χ1n) is 8.06. The van der Waals surface area contributed by atoms with Crippen LogP contribution in [0.3, 0.4) is 0 Å². The Morgan fingerprint density at radius 3 is 2.48 bits per heavy atom. The van der Waals surface area contributed by atoms with E-state index in [1.54, 1.807) is 12.1 Å². The molecular formula is C19H20N4O2. The Morgan fingerprint density at radius 1 is 1.08 bits per heavy atom. The molecule has 0 unspecified atom stereocenters. The highest BCUT2D eigenvalue weighted by Gasteiger charge is 2.09. The van der Waals surface area contributed by atoms with E-state index in [1.165, 1.54) is 6.92 Å². The lowest BCUT2D eigenvalue weighted by Crippen LogP contribution is -2.26. The van der Waals surface area contributed by atoms with Gasteiger partial charge in [0.1, 0.15) is 5.82 Å². The Morgan fingerprint density at radius 2 is 1.80 bits per heavy atom. The van der Waals surface area contributed by atoms with E-state index in [-0.39, 0.29) is 18.2 Å². The maximum Gasteiger partial charge on any atom is 0.224 e. The predicted molar refractivity (Wildman–Crippen MR) is 97.0 cm³/mol. The molecule has 0 spiro atoms. The molecule has 0 atom stereocenters. The minimum atomic E-state index is -0.118. The van der Waals surface area contributed by atoms with Gasteiger partial charge in [0.2, 0.25) is 11.8 Å².